The number of nitrogens with zero attached hydrogens (tertiary/aromatic N) is 2. The Morgan fingerprint density at radius 2 is 1.73 bits per heavy atom. The number of carbonyl (C=O) groups excluding carboxylic acids is 1. The molecule has 0 aromatic rings. The Hall–Kier alpha value is -0.610. The van der Waals surface area contributed by atoms with E-state index < -0.39 is 0 Å². The molecule has 1 N–H and O–H groups in total. The zero-order valence-electron chi connectivity index (χ0n) is 14.4. The summed E-state index contributed by atoms with van der Waals surface area (Å²) in [5, 5.41) is 3.37. The van der Waals surface area contributed by atoms with Crippen LogP contribution in [0.25, 0.3) is 0 Å². The van der Waals surface area contributed by atoms with E-state index in [4.69, 9.17) is 0 Å². The Morgan fingerprint density at radius 1 is 1.09 bits per heavy atom. The van der Waals surface area contributed by atoms with Gasteiger partial charge >= 0.3 is 0 Å². The summed E-state index contributed by atoms with van der Waals surface area (Å²) in [5.41, 5.74) is 0. The van der Waals surface area contributed by atoms with Gasteiger partial charge in [0.1, 0.15) is 0 Å². The molecule has 1 amide bonds. The van der Waals surface area contributed by atoms with Crippen LogP contribution in [0.3, 0.4) is 0 Å². The van der Waals surface area contributed by atoms with Crippen molar-refractivity contribution >= 4 is 5.91 Å². The molecule has 0 radical (unpaired) electrons. The van der Waals surface area contributed by atoms with Gasteiger partial charge in [-0.1, -0.05) is 6.92 Å². The molecule has 22 heavy (non-hydrogen) atoms. The number of nitrogens with one attached hydrogen (secondary N) is 1. The summed E-state index contributed by atoms with van der Waals surface area (Å²) in [4.78, 5) is 17.6. The zero-order chi connectivity index (χ0) is 15.5. The van der Waals surface area contributed by atoms with Gasteiger partial charge in [0.25, 0.3) is 0 Å². The van der Waals surface area contributed by atoms with Gasteiger partial charge in [-0.15, -0.1) is 0 Å². The van der Waals surface area contributed by atoms with Crippen LogP contribution in [-0.2, 0) is 4.79 Å². The standard InChI is InChI=1S/C18H33N3O/c1-14-5-7-16(8-6-14)21(17-9-10-17)18(22)13-20-11-3-4-15(12-20)19-2/h14-17,19H,3-13H2,1-2H3. The highest BCUT2D eigenvalue weighted by molar-refractivity contribution is 5.79. The summed E-state index contributed by atoms with van der Waals surface area (Å²) < 4.78 is 0. The summed E-state index contributed by atoms with van der Waals surface area (Å²) in [6.07, 6.45) is 9.97. The van der Waals surface area contributed by atoms with Gasteiger partial charge in [-0.3, -0.25) is 9.69 Å². The third kappa shape index (κ3) is 4.02. The second kappa shape index (κ2) is 7.31. The Morgan fingerprint density at radius 3 is 2.32 bits per heavy atom. The Balaban J connectivity index is 1.56. The maximum Gasteiger partial charge on any atom is 0.237 e. The fraction of sp³-hybridized carbons (Fsp3) is 0.944. The molecule has 126 valence electrons. The molecule has 1 saturated heterocycles. The highest BCUT2D eigenvalue weighted by atomic mass is 16.2. The summed E-state index contributed by atoms with van der Waals surface area (Å²) in [7, 11) is 2.04. The van der Waals surface area contributed by atoms with Crippen molar-refractivity contribution in [2.45, 2.75) is 76.4 Å². The smallest absolute Gasteiger partial charge is 0.237 e. The minimum Gasteiger partial charge on any atom is -0.336 e. The lowest BCUT2D eigenvalue weighted by atomic mass is 9.86. The van der Waals surface area contributed by atoms with E-state index in [1.54, 1.807) is 0 Å². The van der Waals surface area contributed by atoms with Gasteiger partial charge in [0, 0.05) is 24.7 Å². The maximum absolute atomic E-state index is 12.9. The van der Waals surface area contributed by atoms with E-state index >= 15 is 0 Å². The van der Waals surface area contributed by atoms with Crippen LogP contribution in [0.4, 0.5) is 0 Å². The number of piperidine rings is 1. The van der Waals surface area contributed by atoms with Gasteiger partial charge in [0.2, 0.25) is 5.91 Å². The molecule has 1 unspecified atom stereocenters. The summed E-state index contributed by atoms with van der Waals surface area (Å²) in [6.45, 7) is 5.11. The van der Waals surface area contributed by atoms with E-state index in [-0.39, 0.29) is 0 Å². The van der Waals surface area contributed by atoms with Gasteiger partial charge in [0.05, 0.1) is 6.54 Å². The van der Waals surface area contributed by atoms with Crippen molar-refractivity contribution in [2.24, 2.45) is 5.92 Å². The predicted octanol–water partition coefficient (Wildman–Crippen LogP) is 2.24. The molecule has 4 nitrogen and oxygen atoms in total. The maximum atomic E-state index is 12.9. The lowest BCUT2D eigenvalue weighted by Crippen LogP contribution is -2.51. The fourth-order valence-corrected chi connectivity index (χ4v) is 4.29. The van der Waals surface area contributed by atoms with Crippen LogP contribution in [0, 0.1) is 5.92 Å². The molecule has 0 bridgehead atoms. The normalized spacial score (nSPS) is 33.6. The van der Waals surface area contributed by atoms with Gasteiger partial charge in [-0.05, 0) is 70.9 Å². The number of hydrogen-bond donors (Lipinski definition) is 1. The van der Waals surface area contributed by atoms with E-state index in [0.29, 0.717) is 30.6 Å². The van der Waals surface area contributed by atoms with Gasteiger partial charge in [0.15, 0.2) is 0 Å². The van der Waals surface area contributed by atoms with E-state index in [9.17, 15) is 4.79 Å². The second-order valence-electron chi connectivity index (χ2n) is 7.81. The van der Waals surface area contributed by atoms with E-state index in [1.807, 2.05) is 7.05 Å². The molecule has 4 heteroatoms. The molecule has 3 fully saturated rings. The van der Waals surface area contributed by atoms with Crippen molar-refractivity contribution in [2.75, 3.05) is 26.7 Å². The largest absolute Gasteiger partial charge is 0.336 e. The lowest BCUT2D eigenvalue weighted by molar-refractivity contribution is -0.136. The highest BCUT2D eigenvalue weighted by Crippen LogP contribution is 2.35. The minimum atomic E-state index is 0.402. The minimum absolute atomic E-state index is 0.402. The highest BCUT2D eigenvalue weighted by Gasteiger charge is 2.38. The van der Waals surface area contributed by atoms with Crippen LogP contribution in [-0.4, -0.2) is 60.5 Å². The quantitative estimate of drug-likeness (QED) is 0.846. The summed E-state index contributed by atoms with van der Waals surface area (Å²) in [6, 6.07) is 1.66. The summed E-state index contributed by atoms with van der Waals surface area (Å²) in [5.74, 6) is 1.25. The van der Waals surface area contributed by atoms with E-state index in [0.717, 1.165) is 19.0 Å². The van der Waals surface area contributed by atoms with Crippen LogP contribution in [0.15, 0.2) is 0 Å². The number of rotatable bonds is 5. The number of likely N-dealkylation sites (N-methyl/N-ethyl adjacent to an activating group) is 1. The monoisotopic (exact) mass is 307 g/mol. The van der Waals surface area contributed by atoms with Gasteiger partial charge in [-0.2, -0.15) is 0 Å². The van der Waals surface area contributed by atoms with Crippen molar-refractivity contribution in [3.8, 4) is 0 Å². The number of carbonyl (C=O) groups is 1. The molecule has 1 heterocycles. The molecule has 0 spiro atoms. The van der Waals surface area contributed by atoms with Crippen LogP contribution in [0.2, 0.25) is 0 Å². The fourth-order valence-electron chi connectivity index (χ4n) is 4.29. The molecule has 2 saturated carbocycles. The summed E-state index contributed by atoms with van der Waals surface area (Å²) >= 11 is 0. The third-order valence-corrected chi connectivity index (χ3v) is 5.88. The number of hydrogen-bond acceptors (Lipinski definition) is 3. The third-order valence-electron chi connectivity index (χ3n) is 5.88. The van der Waals surface area contributed by atoms with E-state index in [1.165, 1.54) is 51.4 Å². The molecule has 0 aromatic carbocycles. The van der Waals surface area contributed by atoms with Crippen molar-refractivity contribution in [3.63, 3.8) is 0 Å². The van der Waals surface area contributed by atoms with Crippen molar-refractivity contribution in [1.82, 2.24) is 15.1 Å². The first-order valence-corrected chi connectivity index (χ1v) is 9.38. The first-order chi connectivity index (χ1) is 10.7. The first-order valence-electron chi connectivity index (χ1n) is 9.38. The average Bonchev–Trinajstić information content (AvgIpc) is 3.34. The lowest BCUT2D eigenvalue weighted by Gasteiger charge is -2.39. The topological polar surface area (TPSA) is 35.6 Å². The van der Waals surface area contributed by atoms with Crippen LogP contribution in [0.1, 0.15) is 58.3 Å². The molecule has 2 aliphatic carbocycles. The van der Waals surface area contributed by atoms with Gasteiger partial charge in [-0.25, -0.2) is 0 Å². The Labute approximate surface area is 135 Å². The van der Waals surface area contributed by atoms with Crippen molar-refractivity contribution in [1.29, 1.82) is 0 Å². The van der Waals surface area contributed by atoms with Gasteiger partial charge < -0.3 is 10.2 Å². The molecular weight excluding hydrogens is 274 g/mol. The van der Waals surface area contributed by atoms with Crippen molar-refractivity contribution < 1.29 is 4.79 Å². The molecule has 1 atom stereocenters. The van der Waals surface area contributed by atoms with E-state index in [2.05, 4.69) is 22.0 Å². The molecular formula is C18H33N3O. The molecule has 0 aromatic heterocycles. The number of likely N-dealkylation sites (tertiary alicyclic amines) is 1. The molecule has 3 rings (SSSR count). The molecule has 1 aliphatic heterocycles. The predicted molar refractivity (Wildman–Crippen MR) is 89.8 cm³/mol. The first kappa shape index (κ1) is 16.3. The SMILES string of the molecule is CNC1CCCN(CC(=O)N(C2CCC(C)CC2)C2CC2)C1. The number of amides is 1. The Kier molecular flexibility index (Phi) is 5.40. The Bertz CT molecular complexity index is 375. The van der Waals surface area contributed by atoms with Crippen LogP contribution < -0.4 is 5.32 Å². The average molecular weight is 307 g/mol. The molecule has 3 aliphatic rings. The second-order valence-corrected chi connectivity index (χ2v) is 7.81. The van der Waals surface area contributed by atoms with Crippen LogP contribution in [0.5, 0.6) is 0 Å². The van der Waals surface area contributed by atoms with Crippen molar-refractivity contribution in [3.05, 3.63) is 0 Å². The van der Waals surface area contributed by atoms with Crippen LogP contribution >= 0.6 is 0 Å². The zero-order valence-corrected chi connectivity index (χ0v) is 14.4.